The van der Waals surface area contributed by atoms with Crippen LogP contribution in [0.2, 0.25) is 0 Å². The summed E-state index contributed by atoms with van der Waals surface area (Å²) in [5.41, 5.74) is -0.406. The third kappa shape index (κ3) is 5.25. The van der Waals surface area contributed by atoms with Gasteiger partial charge in [0, 0.05) is 12.6 Å². The molecule has 0 aromatic heterocycles. The first-order valence-corrected chi connectivity index (χ1v) is 7.08. The van der Waals surface area contributed by atoms with Gasteiger partial charge in [-0.2, -0.15) is 0 Å². The molecule has 1 aliphatic rings. The number of hydrogen-bond acceptors (Lipinski definition) is 3. The van der Waals surface area contributed by atoms with E-state index in [1.165, 1.54) is 12.8 Å². The molecule has 0 spiro atoms. The number of ether oxygens (including phenoxy) is 1. The van der Waals surface area contributed by atoms with Crippen LogP contribution >= 0.6 is 0 Å². The normalized spacial score (nSPS) is 21.6. The fourth-order valence-electron chi connectivity index (χ4n) is 2.35. The predicted octanol–water partition coefficient (Wildman–Crippen LogP) is 2.78. The maximum atomic E-state index is 12.2. The summed E-state index contributed by atoms with van der Waals surface area (Å²) in [5.74, 6) is 0. The molecule has 1 amide bonds. The number of carbonyl (C=O) groups is 1. The fourth-order valence-corrected chi connectivity index (χ4v) is 2.35. The number of carbonyl (C=O) groups excluding carboxylic acids is 1. The molecule has 1 rings (SSSR count). The van der Waals surface area contributed by atoms with Crippen molar-refractivity contribution in [1.29, 1.82) is 0 Å². The van der Waals surface area contributed by atoms with Crippen LogP contribution in [0.15, 0.2) is 0 Å². The largest absolute Gasteiger partial charge is 0.444 e. The number of nitrogens with one attached hydrogen (secondary N) is 1. The molecule has 106 valence electrons. The highest BCUT2D eigenvalue weighted by molar-refractivity contribution is 5.68. The lowest BCUT2D eigenvalue weighted by molar-refractivity contribution is 0.0159. The smallest absolute Gasteiger partial charge is 0.410 e. The number of likely N-dealkylation sites (tertiary alicyclic amines) is 1. The van der Waals surface area contributed by atoms with E-state index in [-0.39, 0.29) is 6.09 Å². The van der Waals surface area contributed by atoms with E-state index >= 15 is 0 Å². The minimum atomic E-state index is -0.406. The lowest BCUT2D eigenvalue weighted by Crippen LogP contribution is -2.44. The second-order valence-corrected chi connectivity index (χ2v) is 6.07. The summed E-state index contributed by atoms with van der Waals surface area (Å²) >= 11 is 0. The second-order valence-electron chi connectivity index (χ2n) is 6.07. The summed E-state index contributed by atoms with van der Waals surface area (Å²) in [6.45, 7) is 7.55. The van der Waals surface area contributed by atoms with Crippen LogP contribution in [-0.2, 0) is 4.74 Å². The standard InChI is InChI=1S/C14H28N2O2/c1-14(2,3)18-13(17)16-11-7-5-6-8-12(16)9-10-15-4/h12,15H,5-11H2,1-4H3. The number of amides is 1. The van der Waals surface area contributed by atoms with E-state index in [9.17, 15) is 4.79 Å². The quantitative estimate of drug-likeness (QED) is 0.844. The van der Waals surface area contributed by atoms with Gasteiger partial charge in [0.25, 0.3) is 0 Å². The van der Waals surface area contributed by atoms with Crippen molar-refractivity contribution in [2.45, 2.75) is 64.5 Å². The van der Waals surface area contributed by atoms with E-state index < -0.39 is 5.60 Å². The van der Waals surface area contributed by atoms with Gasteiger partial charge in [0.05, 0.1) is 0 Å². The van der Waals surface area contributed by atoms with Gasteiger partial charge in [0.1, 0.15) is 5.60 Å². The Morgan fingerprint density at radius 1 is 1.33 bits per heavy atom. The van der Waals surface area contributed by atoms with Gasteiger partial charge in [0.2, 0.25) is 0 Å². The number of hydrogen-bond donors (Lipinski definition) is 1. The van der Waals surface area contributed by atoms with Gasteiger partial charge < -0.3 is 15.0 Å². The molecule has 1 atom stereocenters. The molecule has 1 aliphatic heterocycles. The van der Waals surface area contributed by atoms with Crippen LogP contribution in [0.5, 0.6) is 0 Å². The maximum Gasteiger partial charge on any atom is 0.410 e. The molecular weight excluding hydrogens is 228 g/mol. The zero-order chi connectivity index (χ0) is 13.6. The average Bonchev–Trinajstić information content (AvgIpc) is 2.48. The van der Waals surface area contributed by atoms with Crippen LogP contribution in [0.4, 0.5) is 4.79 Å². The van der Waals surface area contributed by atoms with Gasteiger partial charge in [0.15, 0.2) is 0 Å². The molecule has 0 aromatic carbocycles. The summed E-state index contributed by atoms with van der Waals surface area (Å²) in [4.78, 5) is 14.2. The van der Waals surface area contributed by atoms with E-state index in [1.807, 2.05) is 32.7 Å². The van der Waals surface area contributed by atoms with E-state index in [0.717, 1.165) is 32.4 Å². The summed E-state index contributed by atoms with van der Waals surface area (Å²) in [7, 11) is 1.95. The predicted molar refractivity (Wildman–Crippen MR) is 73.7 cm³/mol. The lowest BCUT2D eigenvalue weighted by Gasteiger charge is -2.32. The molecule has 1 fully saturated rings. The van der Waals surface area contributed by atoms with Crippen molar-refractivity contribution < 1.29 is 9.53 Å². The van der Waals surface area contributed by atoms with Gasteiger partial charge >= 0.3 is 6.09 Å². The minimum Gasteiger partial charge on any atom is -0.444 e. The van der Waals surface area contributed by atoms with Crippen molar-refractivity contribution in [1.82, 2.24) is 10.2 Å². The van der Waals surface area contributed by atoms with Gasteiger partial charge in [-0.3, -0.25) is 0 Å². The van der Waals surface area contributed by atoms with Crippen molar-refractivity contribution >= 4 is 6.09 Å². The van der Waals surface area contributed by atoms with E-state index in [0.29, 0.717) is 6.04 Å². The Bertz CT molecular complexity index is 261. The second kappa shape index (κ2) is 6.98. The minimum absolute atomic E-state index is 0.148. The molecule has 1 saturated heterocycles. The highest BCUT2D eigenvalue weighted by atomic mass is 16.6. The number of rotatable bonds is 3. The molecule has 0 bridgehead atoms. The van der Waals surface area contributed by atoms with Crippen LogP contribution in [-0.4, -0.2) is 42.8 Å². The van der Waals surface area contributed by atoms with Crippen molar-refractivity contribution in [3.8, 4) is 0 Å². The van der Waals surface area contributed by atoms with Crippen LogP contribution in [0.3, 0.4) is 0 Å². The Balaban J connectivity index is 2.63. The van der Waals surface area contributed by atoms with Gasteiger partial charge in [-0.05, 0) is 53.6 Å². The molecule has 0 saturated carbocycles. The van der Waals surface area contributed by atoms with Gasteiger partial charge in [-0.1, -0.05) is 12.8 Å². The molecular formula is C14H28N2O2. The monoisotopic (exact) mass is 256 g/mol. The first-order valence-electron chi connectivity index (χ1n) is 7.08. The molecule has 18 heavy (non-hydrogen) atoms. The maximum absolute atomic E-state index is 12.2. The van der Waals surface area contributed by atoms with Gasteiger partial charge in [-0.25, -0.2) is 4.79 Å². The third-order valence-corrected chi connectivity index (χ3v) is 3.23. The summed E-state index contributed by atoms with van der Waals surface area (Å²) in [6.07, 6.45) is 5.49. The van der Waals surface area contributed by atoms with E-state index in [4.69, 9.17) is 4.74 Å². The van der Waals surface area contributed by atoms with E-state index in [2.05, 4.69) is 5.32 Å². The van der Waals surface area contributed by atoms with Crippen LogP contribution in [0.25, 0.3) is 0 Å². The Labute approximate surface area is 111 Å². The van der Waals surface area contributed by atoms with Crippen LogP contribution in [0, 0.1) is 0 Å². The van der Waals surface area contributed by atoms with Gasteiger partial charge in [-0.15, -0.1) is 0 Å². The highest BCUT2D eigenvalue weighted by Gasteiger charge is 2.28. The number of nitrogens with zero attached hydrogens (tertiary/aromatic N) is 1. The zero-order valence-corrected chi connectivity index (χ0v) is 12.3. The Morgan fingerprint density at radius 2 is 2.06 bits per heavy atom. The lowest BCUT2D eigenvalue weighted by atomic mass is 10.1. The van der Waals surface area contributed by atoms with Crippen LogP contribution < -0.4 is 5.32 Å². The molecule has 4 nitrogen and oxygen atoms in total. The van der Waals surface area contributed by atoms with Crippen LogP contribution in [0.1, 0.15) is 52.9 Å². The van der Waals surface area contributed by atoms with E-state index in [1.54, 1.807) is 0 Å². The zero-order valence-electron chi connectivity index (χ0n) is 12.3. The highest BCUT2D eigenvalue weighted by Crippen LogP contribution is 2.21. The molecule has 1 N–H and O–H groups in total. The van der Waals surface area contributed by atoms with Crippen molar-refractivity contribution in [2.24, 2.45) is 0 Å². The fraction of sp³-hybridized carbons (Fsp3) is 0.929. The summed E-state index contributed by atoms with van der Waals surface area (Å²) in [6, 6.07) is 0.329. The van der Waals surface area contributed by atoms with Crippen molar-refractivity contribution in [2.75, 3.05) is 20.1 Å². The SMILES string of the molecule is CNCCC1CCCCCN1C(=O)OC(C)(C)C. The molecule has 0 radical (unpaired) electrons. The Morgan fingerprint density at radius 3 is 2.67 bits per heavy atom. The summed E-state index contributed by atoms with van der Waals surface area (Å²) < 4.78 is 5.51. The molecule has 4 heteroatoms. The topological polar surface area (TPSA) is 41.6 Å². The molecule has 0 aromatic rings. The first kappa shape index (κ1) is 15.3. The first-order chi connectivity index (χ1) is 8.44. The molecule has 0 aliphatic carbocycles. The van der Waals surface area contributed by atoms with Crippen molar-refractivity contribution in [3.63, 3.8) is 0 Å². The average molecular weight is 256 g/mol. The molecule has 1 unspecified atom stereocenters. The Kier molecular flexibility index (Phi) is 5.93. The third-order valence-electron chi connectivity index (χ3n) is 3.23. The van der Waals surface area contributed by atoms with Crippen molar-refractivity contribution in [3.05, 3.63) is 0 Å². The summed E-state index contributed by atoms with van der Waals surface area (Å²) in [5, 5.41) is 3.16. The Hall–Kier alpha value is -0.770. The molecule has 1 heterocycles.